The number of halogens is 7. The van der Waals surface area contributed by atoms with Crippen molar-refractivity contribution in [1.29, 1.82) is 0 Å². The molecule has 0 spiro atoms. The molecule has 0 aromatic heterocycles. The van der Waals surface area contributed by atoms with Crippen molar-refractivity contribution < 1.29 is 60.1 Å². The number of hydrogen-bond acceptors (Lipinski definition) is 5. The van der Waals surface area contributed by atoms with Crippen molar-refractivity contribution >= 4 is 28.7 Å². The Hall–Kier alpha value is -3.42. The van der Waals surface area contributed by atoms with Crippen LogP contribution in [0.4, 0.5) is 30.7 Å². The Morgan fingerprint density at radius 2 is 1.44 bits per heavy atom. The standard InChI is InChI=1S/C18H20FNO2.2C2HF3O2/c1-22-18(21)10-12-8-14-2-3-15(19)11-17(14)16(9-12)13-4-6-20-7-5-13;2*3-2(4,5)1(6)7/h2-3,8-9,11,13,20H,4-7,10H2,1H3;2*(H,6,7). The summed E-state index contributed by atoms with van der Waals surface area (Å²) in [5, 5.41) is 19.5. The number of carbonyl (C=O) groups is 3. The lowest BCUT2D eigenvalue weighted by Crippen LogP contribution is -2.26. The molecule has 0 atom stereocenters. The Morgan fingerprint density at radius 1 is 0.944 bits per heavy atom. The summed E-state index contributed by atoms with van der Waals surface area (Å²) in [5.41, 5.74) is 2.08. The molecule has 1 heterocycles. The number of fused-ring (bicyclic) bond motifs is 1. The van der Waals surface area contributed by atoms with Gasteiger partial charge < -0.3 is 20.3 Å². The van der Waals surface area contributed by atoms with Crippen LogP contribution in [0, 0.1) is 5.82 Å². The predicted octanol–water partition coefficient (Wildman–Crippen LogP) is 4.43. The van der Waals surface area contributed by atoms with E-state index in [1.807, 2.05) is 6.07 Å². The van der Waals surface area contributed by atoms with E-state index in [2.05, 4.69) is 11.4 Å². The average molecular weight is 529 g/mol. The molecule has 0 radical (unpaired) electrons. The van der Waals surface area contributed by atoms with Gasteiger partial charge in [-0.2, -0.15) is 26.3 Å². The molecule has 0 amide bonds. The Balaban J connectivity index is 0.000000383. The maximum absolute atomic E-state index is 13.7. The van der Waals surface area contributed by atoms with Crippen LogP contribution in [0.5, 0.6) is 0 Å². The summed E-state index contributed by atoms with van der Waals surface area (Å²) < 4.78 is 81.9. The first-order chi connectivity index (χ1) is 16.6. The van der Waals surface area contributed by atoms with Crippen LogP contribution < -0.4 is 5.32 Å². The molecule has 36 heavy (non-hydrogen) atoms. The minimum Gasteiger partial charge on any atom is -0.475 e. The normalized spacial score (nSPS) is 14.1. The minimum atomic E-state index is -5.08. The summed E-state index contributed by atoms with van der Waals surface area (Å²) in [6, 6.07) is 8.87. The molecule has 0 unspecified atom stereocenters. The number of hydrogen-bond donors (Lipinski definition) is 3. The molecular formula is C22H22F7NO6. The SMILES string of the molecule is COC(=O)Cc1cc(C2CCNCC2)c2cc(F)ccc2c1.O=C(O)C(F)(F)F.O=C(O)C(F)(F)F. The van der Waals surface area contributed by atoms with Gasteiger partial charge in [0.2, 0.25) is 0 Å². The van der Waals surface area contributed by atoms with E-state index in [1.165, 1.54) is 13.2 Å². The highest BCUT2D eigenvalue weighted by Gasteiger charge is 2.38. The van der Waals surface area contributed by atoms with Crippen LogP contribution in [0.15, 0.2) is 30.3 Å². The molecule has 1 saturated heterocycles. The van der Waals surface area contributed by atoms with Crippen LogP contribution in [0.1, 0.15) is 29.9 Å². The van der Waals surface area contributed by atoms with Crippen molar-refractivity contribution in [2.24, 2.45) is 0 Å². The Kier molecular flexibility index (Phi) is 11.1. The number of carbonyl (C=O) groups excluding carboxylic acids is 1. The molecule has 2 aromatic rings. The van der Waals surface area contributed by atoms with Crippen molar-refractivity contribution in [3.8, 4) is 0 Å². The molecule has 14 heteroatoms. The fourth-order valence-corrected chi connectivity index (χ4v) is 3.23. The van der Waals surface area contributed by atoms with Gasteiger partial charge in [-0.05, 0) is 65.9 Å². The second kappa shape index (κ2) is 13.0. The van der Waals surface area contributed by atoms with Crippen molar-refractivity contribution in [3.63, 3.8) is 0 Å². The summed E-state index contributed by atoms with van der Waals surface area (Å²) in [5.74, 6) is -5.58. The molecule has 2 aromatic carbocycles. The van der Waals surface area contributed by atoms with Crippen LogP contribution >= 0.6 is 0 Å². The van der Waals surface area contributed by atoms with E-state index in [9.17, 15) is 35.5 Å². The van der Waals surface area contributed by atoms with Crippen LogP contribution in [-0.2, 0) is 25.5 Å². The highest BCUT2D eigenvalue weighted by molar-refractivity contribution is 5.88. The summed E-state index contributed by atoms with van der Waals surface area (Å²) >= 11 is 0. The first kappa shape index (κ1) is 30.6. The fourth-order valence-electron chi connectivity index (χ4n) is 3.23. The van der Waals surface area contributed by atoms with E-state index in [4.69, 9.17) is 24.5 Å². The Morgan fingerprint density at radius 3 is 1.89 bits per heavy atom. The largest absolute Gasteiger partial charge is 0.490 e. The number of rotatable bonds is 3. The first-order valence-corrected chi connectivity index (χ1v) is 10.2. The molecule has 7 nitrogen and oxygen atoms in total. The lowest BCUT2D eigenvalue weighted by Gasteiger charge is -2.25. The number of esters is 1. The van der Waals surface area contributed by atoms with E-state index >= 15 is 0 Å². The van der Waals surface area contributed by atoms with Crippen LogP contribution in [0.2, 0.25) is 0 Å². The van der Waals surface area contributed by atoms with Gasteiger partial charge in [0.15, 0.2) is 0 Å². The molecule has 200 valence electrons. The fraction of sp³-hybridized carbons (Fsp3) is 0.409. The summed E-state index contributed by atoms with van der Waals surface area (Å²) in [6.45, 7) is 1.95. The van der Waals surface area contributed by atoms with Crippen molar-refractivity contribution in [2.75, 3.05) is 20.2 Å². The van der Waals surface area contributed by atoms with E-state index in [0.717, 1.165) is 47.8 Å². The minimum absolute atomic E-state index is 0.219. The lowest BCUT2D eigenvalue weighted by atomic mass is 9.85. The molecule has 1 aliphatic rings. The first-order valence-electron chi connectivity index (χ1n) is 10.2. The number of carboxylic acid groups (broad SMARTS) is 2. The molecule has 3 N–H and O–H groups in total. The molecule has 0 bridgehead atoms. The highest BCUT2D eigenvalue weighted by atomic mass is 19.4. The van der Waals surface area contributed by atoms with Crippen molar-refractivity contribution in [1.82, 2.24) is 5.32 Å². The number of aliphatic carboxylic acids is 2. The van der Waals surface area contributed by atoms with Gasteiger partial charge in [-0.15, -0.1) is 0 Å². The number of ether oxygens (including phenoxy) is 1. The van der Waals surface area contributed by atoms with E-state index in [0.29, 0.717) is 5.92 Å². The third-order valence-electron chi connectivity index (χ3n) is 4.85. The third kappa shape index (κ3) is 10.1. The molecule has 1 fully saturated rings. The van der Waals surface area contributed by atoms with Gasteiger partial charge in [-0.1, -0.05) is 18.2 Å². The molecule has 3 rings (SSSR count). The molecule has 0 saturated carbocycles. The summed E-state index contributed by atoms with van der Waals surface area (Å²) in [4.78, 5) is 29.4. The maximum Gasteiger partial charge on any atom is 0.490 e. The molecule has 1 aliphatic heterocycles. The predicted molar refractivity (Wildman–Crippen MR) is 112 cm³/mol. The van der Waals surface area contributed by atoms with Gasteiger partial charge in [0.05, 0.1) is 13.5 Å². The van der Waals surface area contributed by atoms with E-state index < -0.39 is 24.3 Å². The van der Waals surface area contributed by atoms with Crippen LogP contribution in [0.3, 0.4) is 0 Å². The summed E-state index contributed by atoms with van der Waals surface area (Å²) in [6.07, 6.45) is -7.84. The average Bonchev–Trinajstić information content (AvgIpc) is 2.79. The van der Waals surface area contributed by atoms with Crippen molar-refractivity contribution in [3.05, 3.63) is 47.3 Å². The van der Waals surface area contributed by atoms with Crippen LogP contribution in [-0.4, -0.2) is 60.7 Å². The smallest absolute Gasteiger partial charge is 0.475 e. The topological polar surface area (TPSA) is 113 Å². The van der Waals surface area contributed by atoms with Crippen LogP contribution in [0.25, 0.3) is 10.8 Å². The van der Waals surface area contributed by atoms with E-state index in [1.54, 1.807) is 12.1 Å². The second-order valence-corrected chi connectivity index (χ2v) is 7.43. The second-order valence-electron chi connectivity index (χ2n) is 7.43. The summed E-state index contributed by atoms with van der Waals surface area (Å²) in [7, 11) is 1.40. The number of piperidine rings is 1. The monoisotopic (exact) mass is 529 g/mol. The number of carboxylic acids is 2. The zero-order valence-electron chi connectivity index (χ0n) is 18.7. The van der Waals surface area contributed by atoms with Gasteiger partial charge >= 0.3 is 30.3 Å². The van der Waals surface area contributed by atoms with Gasteiger partial charge in [0.1, 0.15) is 5.82 Å². The Bertz CT molecular complexity index is 1040. The molecular weight excluding hydrogens is 507 g/mol. The van der Waals surface area contributed by atoms with E-state index in [-0.39, 0.29) is 18.2 Å². The zero-order chi connectivity index (χ0) is 27.7. The van der Waals surface area contributed by atoms with Gasteiger partial charge in [0.25, 0.3) is 0 Å². The third-order valence-corrected chi connectivity index (χ3v) is 4.85. The Labute approximate surface area is 199 Å². The number of alkyl halides is 6. The van der Waals surface area contributed by atoms with Gasteiger partial charge in [0, 0.05) is 0 Å². The van der Waals surface area contributed by atoms with Gasteiger partial charge in [-0.3, -0.25) is 4.79 Å². The van der Waals surface area contributed by atoms with Crippen molar-refractivity contribution in [2.45, 2.75) is 37.5 Å². The quantitative estimate of drug-likeness (QED) is 0.399. The maximum atomic E-state index is 13.7. The highest BCUT2D eigenvalue weighted by Crippen LogP contribution is 2.33. The number of nitrogens with one attached hydrogen (secondary N) is 1. The van der Waals surface area contributed by atoms with Gasteiger partial charge in [-0.25, -0.2) is 14.0 Å². The number of methoxy groups -OCH3 is 1. The number of benzene rings is 2. The zero-order valence-corrected chi connectivity index (χ0v) is 18.7. The lowest BCUT2D eigenvalue weighted by molar-refractivity contribution is -0.193. The molecule has 0 aliphatic carbocycles.